The Labute approximate surface area is 123 Å². The molecule has 1 aliphatic heterocycles. The van der Waals surface area contributed by atoms with E-state index in [9.17, 15) is 9.59 Å². The number of likely N-dealkylation sites (tertiary alicyclic amines) is 1. The van der Waals surface area contributed by atoms with E-state index in [4.69, 9.17) is 0 Å². The van der Waals surface area contributed by atoms with Crippen molar-refractivity contribution in [2.45, 2.75) is 30.7 Å². The van der Waals surface area contributed by atoms with E-state index in [0.717, 1.165) is 11.3 Å². The van der Waals surface area contributed by atoms with Gasteiger partial charge in [0.25, 0.3) is 0 Å². The lowest BCUT2D eigenvalue weighted by atomic mass is 10.1. The number of nitrogens with one attached hydrogen (secondary N) is 1. The van der Waals surface area contributed by atoms with Crippen LogP contribution in [0.4, 0.5) is 0 Å². The summed E-state index contributed by atoms with van der Waals surface area (Å²) in [7, 11) is 1.78. The van der Waals surface area contributed by atoms with Gasteiger partial charge in [0.15, 0.2) is 0 Å². The summed E-state index contributed by atoms with van der Waals surface area (Å²) in [5.74, 6) is 0.606. The number of hydrogen-bond acceptors (Lipinski definition) is 3. The summed E-state index contributed by atoms with van der Waals surface area (Å²) in [6.07, 6.45) is 1.26. The Morgan fingerprint density at radius 2 is 2.20 bits per heavy atom. The minimum absolute atomic E-state index is 0.0333. The zero-order chi connectivity index (χ0) is 14.5. The first kappa shape index (κ1) is 14.9. The third kappa shape index (κ3) is 4.00. The Bertz CT molecular complexity index is 504. The summed E-state index contributed by atoms with van der Waals surface area (Å²) in [6.45, 7) is 2.65. The Kier molecular flexibility index (Phi) is 5.06. The van der Waals surface area contributed by atoms with Crippen LogP contribution in [0.5, 0.6) is 0 Å². The maximum Gasteiger partial charge on any atom is 0.230 e. The molecule has 5 heteroatoms. The molecule has 0 bridgehead atoms. The largest absolute Gasteiger partial charge is 0.351 e. The molecule has 1 N–H and O–H groups in total. The second-order valence-electron chi connectivity index (χ2n) is 5.13. The van der Waals surface area contributed by atoms with Crippen molar-refractivity contribution in [3.63, 3.8) is 0 Å². The lowest BCUT2D eigenvalue weighted by Crippen LogP contribution is -2.48. The van der Waals surface area contributed by atoms with Crippen LogP contribution >= 0.6 is 11.8 Å². The molecule has 0 spiro atoms. The number of hydrogen-bond donors (Lipinski definition) is 1. The fourth-order valence-corrected chi connectivity index (χ4v) is 3.10. The predicted molar refractivity (Wildman–Crippen MR) is 80.7 cm³/mol. The highest BCUT2D eigenvalue weighted by Crippen LogP contribution is 2.21. The molecule has 108 valence electrons. The molecule has 0 radical (unpaired) electrons. The van der Waals surface area contributed by atoms with Crippen molar-refractivity contribution in [3.8, 4) is 0 Å². The van der Waals surface area contributed by atoms with Crippen LogP contribution in [0, 0.1) is 6.92 Å². The quantitative estimate of drug-likeness (QED) is 0.861. The molecule has 0 unspecified atom stereocenters. The molecule has 1 fully saturated rings. The van der Waals surface area contributed by atoms with E-state index in [1.165, 1.54) is 5.56 Å². The molecular formula is C15H20N2O2S. The lowest BCUT2D eigenvalue weighted by molar-refractivity contribution is -0.133. The van der Waals surface area contributed by atoms with E-state index in [2.05, 4.69) is 5.32 Å². The first-order chi connectivity index (χ1) is 9.56. The summed E-state index contributed by atoms with van der Waals surface area (Å²) in [5, 5.41) is 3.01. The number of carbonyl (C=O) groups excluding carboxylic acids is 2. The minimum atomic E-state index is 0.0333. The molecule has 4 nitrogen and oxygen atoms in total. The van der Waals surface area contributed by atoms with Gasteiger partial charge in [-0.15, -0.1) is 11.8 Å². The summed E-state index contributed by atoms with van der Waals surface area (Å²) in [5.41, 5.74) is 1.19. The number of piperidine rings is 1. The van der Waals surface area contributed by atoms with Gasteiger partial charge in [0, 0.05) is 31.0 Å². The standard InChI is InChI=1S/C15H20N2O2S/c1-11-5-3-4-6-13(11)20-10-14(18)16-12-7-8-15(19)17(2)9-12/h3-6,12H,7-10H2,1-2H3,(H,16,18)/t12-/m0/s1. The third-order valence-electron chi connectivity index (χ3n) is 3.44. The van der Waals surface area contributed by atoms with E-state index in [1.54, 1.807) is 23.7 Å². The van der Waals surface area contributed by atoms with Gasteiger partial charge in [-0.1, -0.05) is 18.2 Å². The van der Waals surface area contributed by atoms with Crippen LogP contribution in [0.2, 0.25) is 0 Å². The van der Waals surface area contributed by atoms with Crippen LogP contribution in [0.3, 0.4) is 0 Å². The third-order valence-corrected chi connectivity index (χ3v) is 4.62. The molecule has 0 saturated carbocycles. The second kappa shape index (κ2) is 6.79. The average Bonchev–Trinajstić information content (AvgIpc) is 2.42. The highest BCUT2D eigenvalue weighted by Gasteiger charge is 2.23. The zero-order valence-electron chi connectivity index (χ0n) is 11.9. The molecule has 1 aromatic carbocycles. The van der Waals surface area contributed by atoms with Crippen LogP contribution in [0.25, 0.3) is 0 Å². The fraction of sp³-hybridized carbons (Fsp3) is 0.467. The summed E-state index contributed by atoms with van der Waals surface area (Å²) < 4.78 is 0. The van der Waals surface area contributed by atoms with Gasteiger partial charge in [0.2, 0.25) is 11.8 Å². The van der Waals surface area contributed by atoms with E-state index in [-0.39, 0.29) is 17.9 Å². The van der Waals surface area contributed by atoms with Crippen molar-refractivity contribution < 1.29 is 9.59 Å². The predicted octanol–water partition coefficient (Wildman–Crippen LogP) is 1.82. The zero-order valence-corrected chi connectivity index (χ0v) is 12.7. The Morgan fingerprint density at radius 3 is 2.90 bits per heavy atom. The highest BCUT2D eigenvalue weighted by molar-refractivity contribution is 8.00. The number of nitrogens with zero attached hydrogens (tertiary/aromatic N) is 1. The fourth-order valence-electron chi connectivity index (χ4n) is 2.26. The van der Waals surface area contributed by atoms with Crippen molar-refractivity contribution >= 4 is 23.6 Å². The first-order valence-electron chi connectivity index (χ1n) is 6.78. The molecule has 20 heavy (non-hydrogen) atoms. The van der Waals surface area contributed by atoms with E-state index in [1.807, 2.05) is 31.2 Å². The SMILES string of the molecule is Cc1ccccc1SCC(=O)N[C@H]1CCC(=O)N(C)C1. The van der Waals surface area contributed by atoms with Crippen molar-refractivity contribution in [1.29, 1.82) is 0 Å². The van der Waals surface area contributed by atoms with Gasteiger partial charge >= 0.3 is 0 Å². The Balaban J connectivity index is 1.79. The molecule has 1 aromatic rings. The van der Waals surface area contributed by atoms with Gasteiger partial charge in [-0.05, 0) is 25.0 Å². The molecule has 1 saturated heterocycles. The number of benzene rings is 1. The number of thioether (sulfide) groups is 1. The van der Waals surface area contributed by atoms with Crippen molar-refractivity contribution in [1.82, 2.24) is 10.2 Å². The number of rotatable bonds is 4. The van der Waals surface area contributed by atoms with Gasteiger partial charge in [-0.2, -0.15) is 0 Å². The van der Waals surface area contributed by atoms with Crippen molar-refractivity contribution in [2.24, 2.45) is 0 Å². The summed E-state index contributed by atoms with van der Waals surface area (Å²) in [6, 6.07) is 8.13. The van der Waals surface area contributed by atoms with Gasteiger partial charge < -0.3 is 10.2 Å². The van der Waals surface area contributed by atoms with E-state index >= 15 is 0 Å². The summed E-state index contributed by atoms with van der Waals surface area (Å²) >= 11 is 1.55. The molecule has 1 aliphatic rings. The molecule has 0 aliphatic carbocycles. The first-order valence-corrected chi connectivity index (χ1v) is 7.76. The van der Waals surface area contributed by atoms with Crippen molar-refractivity contribution in [2.75, 3.05) is 19.3 Å². The molecular weight excluding hydrogens is 272 g/mol. The van der Waals surface area contributed by atoms with Gasteiger partial charge in [0.05, 0.1) is 5.75 Å². The summed E-state index contributed by atoms with van der Waals surface area (Å²) in [4.78, 5) is 26.2. The number of likely N-dealkylation sites (N-methyl/N-ethyl adjacent to an activating group) is 1. The van der Waals surface area contributed by atoms with Crippen LogP contribution in [-0.4, -0.2) is 42.1 Å². The molecule has 1 heterocycles. The maximum atomic E-state index is 11.9. The number of amides is 2. The monoisotopic (exact) mass is 292 g/mol. The number of aryl methyl sites for hydroxylation is 1. The van der Waals surface area contributed by atoms with E-state index in [0.29, 0.717) is 18.7 Å². The van der Waals surface area contributed by atoms with Crippen LogP contribution in [0.1, 0.15) is 18.4 Å². The second-order valence-corrected chi connectivity index (χ2v) is 6.15. The highest BCUT2D eigenvalue weighted by atomic mass is 32.2. The topological polar surface area (TPSA) is 49.4 Å². The maximum absolute atomic E-state index is 11.9. The molecule has 1 atom stereocenters. The normalized spacial score (nSPS) is 19.0. The lowest BCUT2D eigenvalue weighted by Gasteiger charge is -2.30. The average molecular weight is 292 g/mol. The molecule has 2 amide bonds. The van der Waals surface area contributed by atoms with Gasteiger partial charge in [-0.25, -0.2) is 0 Å². The molecule has 0 aromatic heterocycles. The van der Waals surface area contributed by atoms with Crippen molar-refractivity contribution in [3.05, 3.63) is 29.8 Å². The van der Waals surface area contributed by atoms with Crippen LogP contribution < -0.4 is 5.32 Å². The van der Waals surface area contributed by atoms with Crippen LogP contribution in [0.15, 0.2) is 29.2 Å². The number of carbonyl (C=O) groups is 2. The van der Waals surface area contributed by atoms with Gasteiger partial charge in [0.1, 0.15) is 0 Å². The smallest absolute Gasteiger partial charge is 0.230 e. The van der Waals surface area contributed by atoms with Gasteiger partial charge in [-0.3, -0.25) is 9.59 Å². The molecule has 2 rings (SSSR count). The Morgan fingerprint density at radius 1 is 1.45 bits per heavy atom. The van der Waals surface area contributed by atoms with E-state index < -0.39 is 0 Å². The minimum Gasteiger partial charge on any atom is -0.351 e. The van der Waals surface area contributed by atoms with Crippen LogP contribution in [-0.2, 0) is 9.59 Å². The Hall–Kier alpha value is -1.49.